The average Bonchev–Trinajstić information content (AvgIpc) is 3.04. The quantitative estimate of drug-likeness (QED) is 0.421. The van der Waals surface area contributed by atoms with Gasteiger partial charge in [-0.3, -0.25) is 9.20 Å². The molecule has 0 N–H and O–H groups in total. The molecule has 0 spiro atoms. The van der Waals surface area contributed by atoms with Gasteiger partial charge in [-0.25, -0.2) is 14.2 Å². The molecule has 0 atom stereocenters. The maximum atomic E-state index is 14.2. The van der Waals surface area contributed by atoms with Crippen LogP contribution in [0.3, 0.4) is 0 Å². The predicted octanol–water partition coefficient (Wildman–Crippen LogP) is 4.17. The molecule has 3 rings (SSSR count). The zero-order valence-corrected chi connectivity index (χ0v) is 16.7. The normalized spacial score (nSPS) is 10.9. The Morgan fingerprint density at radius 1 is 1.17 bits per heavy atom. The van der Waals surface area contributed by atoms with E-state index in [1.54, 1.807) is 36.6 Å². The van der Waals surface area contributed by atoms with Gasteiger partial charge >= 0.3 is 5.97 Å². The first-order valence-electron chi connectivity index (χ1n) is 9.55. The molecule has 6 nitrogen and oxygen atoms in total. The van der Waals surface area contributed by atoms with Gasteiger partial charge in [0.05, 0.1) is 24.5 Å². The molecule has 7 heteroatoms. The van der Waals surface area contributed by atoms with Gasteiger partial charge in [-0.15, -0.1) is 0 Å². The summed E-state index contributed by atoms with van der Waals surface area (Å²) in [6.45, 7) is 6.07. The van der Waals surface area contributed by atoms with Crippen LogP contribution in [-0.2, 0) is 11.2 Å². The number of carbonyl (C=O) groups is 2. The molecule has 3 aromatic rings. The molecular formula is C22H23FN2O4. The lowest BCUT2D eigenvalue weighted by atomic mass is 10.0. The van der Waals surface area contributed by atoms with Gasteiger partial charge in [-0.1, -0.05) is 0 Å². The van der Waals surface area contributed by atoms with Crippen molar-refractivity contribution in [1.29, 1.82) is 0 Å². The average molecular weight is 398 g/mol. The number of nitrogens with zero attached hydrogens (tertiary/aromatic N) is 2. The maximum Gasteiger partial charge on any atom is 0.338 e. The van der Waals surface area contributed by atoms with Crippen molar-refractivity contribution in [2.75, 3.05) is 13.2 Å². The Balaban J connectivity index is 1.83. The minimum absolute atomic E-state index is 0.0801. The first-order chi connectivity index (χ1) is 14.0. The van der Waals surface area contributed by atoms with Gasteiger partial charge in [0.1, 0.15) is 11.5 Å². The van der Waals surface area contributed by atoms with Crippen LogP contribution in [-0.4, -0.2) is 34.4 Å². The van der Waals surface area contributed by atoms with Crippen LogP contribution < -0.4 is 4.74 Å². The third kappa shape index (κ3) is 4.29. The van der Waals surface area contributed by atoms with Gasteiger partial charge in [0, 0.05) is 12.6 Å². The summed E-state index contributed by atoms with van der Waals surface area (Å²) >= 11 is 0. The number of fused-ring (bicyclic) bond motifs is 1. The Morgan fingerprint density at radius 2 is 1.97 bits per heavy atom. The number of ketones is 1. The van der Waals surface area contributed by atoms with Crippen molar-refractivity contribution >= 4 is 17.4 Å². The Bertz CT molecular complexity index is 1060. The van der Waals surface area contributed by atoms with Crippen LogP contribution in [0.4, 0.5) is 4.39 Å². The Morgan fingerprint density at radius 3 is 2.69 bits per heavy atom. The summed E-state index contributed by atoms with van der Waals surface area (Å²) in [6, 6.07) is 7.63. The maximum absolute atomic E-state index is 14.2. The monoisotopic (exact) mass is 398 g/mol. The fourth-order valence-corrected chi connectivity index (χ4v) is 3.23. The van der Waals surface area contributed by atoms with E-state index < -0.39 is 11.8 Å². The number of hydrogen-bond donors (Lipinski definition) is 0. The number of benzene rings is 1. The number of aryl methyl sites for hydroxylation is 2. The minimum Gasteiger partial charge on any atom is -0.490 e. The molecule has 2 heterocycles. The first-order valence-corrected chi connectivity index (χ1v) is 9.55. The van der Waals surface area contributed by atoms with Crippen molar-refractivity contribution < 1.29 is 23.5 Å². The number of ether oxygens (including phenoxy) is 2. The summed E-state index contributed by atoms with van der Waals surface area (Å²) < 4.78 is 26.4. The highest BCUT2D eigenvalue weighted by Gasteiger charge is 2.19. The van der Waals surface area contributed by atoms with Crippen molar-refractivity contribution in [3.05, 3.63) is 64.9 Å². The van der Waals surface area contributed by atoms with Crippen LogP contribution in [0.25, 0.3) is 5.65 Å². The number of carbonyl (C=O) groups excluding carboxylic acids is 2. The van der Waals surface area contributed by atoms with E-state index in [4.69, 9.17) is 9.47 Å². The van der Waals surface area contributed by atoms with Crippen LogP contribution >= 0.6 is 0 Å². The van der Waals surface area contributed by atoms with Crippen molar-refractivity contribution in [3.63, 3.8) is 0 Å². The molecule has 0 unspecified atom stereocenters. The van der Waals surface area contributed by atoms with Crippen LogP contribution in [0.1, 0.15) is 52.4 Å². The Kier molecular flexibility index (Phi) is 6.26. The molecule has 0 aliphatic carbocycles. The van der Waals surface area contributed by atoms with E-state index in [1.807, 2.05) is 6.92 Å². The lowest BCUT2D eigenvalue weighted by Crippen LogP contribution is -2.09. The van der Waals surface area contributed by atoms with E-state index in [-0.39, 0.29) is 30.8 Å². The summed E-state index contributed by atoms with van der Waals surface area (Å²) in [6.07, 6.45) is 2.00. The number of esters is 1. The van der Waals surface area contributed by atoms with Gasteiger partial charge in [0.15, 0.2) is 17.2 Å². The number of halogens is 1. The summed E-state index contributed by atoms with van der Waals surface area (Å²) in [5.74, 6) is -0.532. The van der Waals surface area contributed by atoms with E-state index in [1.165, 1.54) is 18.2 Å². The van der Waals surface area contributed by atoms with Gasteiger partial charge in [0.25, 0.3) is 0 Å². The summed E-state index contributed by atoms with van der Waals surface area (Å²) in [7, 11) is 0. The highest BCUT2D eigenvalue weighted by atomic mass is 19.1. The van der Waals surface area contributed by atoms with E-state index in [0.717, 1.165) is 0 Å². The fourth-order valence-electron chi connectivity index (χ4n) is 3.23. The lowest BCUT2D eigenvalue weighted by molar-refractivity contribution is 0.0526. The minimum atomic E-state index is -0.513. The molecule has 0 fully saturated rings. The standard InChI is InChI=1S/C22H23FN2O4/c1-4-28-19-7-6-12-25-20(14(3)24-21(19)25)18(26)11-9-15-13-16(8-10-17(15)23)22(27)29-5-2/h6-8,10,12-13H,4-5,9,11H2,1-3H3. The summed E-state index contributed by atoms with van der Waals surface area (Å²) in [4.78, 5) is 29.2. The molecule has 0 saturated carbocycles. The zero-order chi connectivity index (χ0) is 21.0. The topological polar surface area (TPSA) is 69.9 Å². The SMILES string of the molecule is CCOC(=O)c1ccc(F)c(CCC(=O)c2c(C)nc3c(OCC)cccn23)c1. The molecule has 0 aliphatic rings. The second kappa shape index (κ2) is 8.86. The number of aromatic nitrogens is 2. The third-order valence-electron chi connectivity index (χ3n) is 4.53. The van der Waals surface area contributed by atoms with E-state index >= 15 is 0 Å². The molecule has 0 radical (unpaired) electrons. The third-order valence-corrected chi connectivity index (χ3v) is 4.53. The van der Waals surface area contributed by atoms with Gasteiger partial charge in [-0.05, 0) is 63.1 Å². The van der Waals surface area contributed by atoms with Crippen LogP contribution in [0.15, 0.2) is 36.5 Å². The first kappa shape index (κ1) is 20.5. The predicted molar refractivity (Wildman–Crippen MR) is 106 cm³/mol. The van der Waals surface area contributed by atoms with Gasteiger partial charge in [-0.2, -0.15) is 0 Å². The van der Waals surface area contributed by atoms with Crippen LogP contribution in [0, 0.1) is 12.7 Å². The van der Waals surface area contributed by atoms with Crippen molar-refractivity contribution in [1.82, 2.24) is 9.38 Å². The van der Waals surface area contributed by atoms with E-state index in [2.05, 4.69) is 4.98 Å². The second-order valence-corrected chi connectivity index (χ2v) is 6.49. The number of rotatable bonds is 8. The number of Topliss-reactive ketones (excluding diaryl/α,β-unsaturated/α-hetero) is 1. The molecule has 152 valence electrons. The number of hydrogen-bond acceptors (Lipinski definition) is 5. The highest BCUT2D eigenvalue weighted by molar-refractivity contribution is 5.97. The van der Waals surface area contributed by atoms with Crippen LogP contribution in [0.2, 0.25) is 0 Å². The largest absolute Gasteiger partial charge is 0.490 e. The number of imidazole rings is 1. The molecule has 2 aromatic heterocycles. The molecule has 29 heavy (non-hydrogen) atoms. The van der Waals surface area contributed by atoms with Crippen molar-refractivity contribution in [3.8, 4) is 5.75 Å². The van der Waals surface area contributed by atoms with Crippen LogP contribution in [0.5, 0.6) is 5.75 Å². The van der Waals surface area contributed by atoms with E-state index in [0.29, 0.717) is 35.0 Å². The van der Waals surface area contributed by atoms with Crippen molar-refractivity contribution in [2.24, 2.45) is 0 Å². The Hall–Kier alpha value is -3.22. The molecular weight excluding hydrogens is 375 g/mol. The fraction of sp³-hybridized carbons (Fsp3) is 0.318. The molecule has 1 aromatic carbocycles. The molecule has 0 saturated heterocycles. The highest BCUT2D eigenvalue weighted by Crippen LogP contribution is 2.23. The summed E-state index contributed by atoms with van der Waals surface area (Å²) in [5.41, 5.74) is 2.17. The summed E-state index contributed by atoms with van der Waals surface area (Å²) in [5, 5.41) is 0. The van der Waals surface area contributed by atoms with Gasteiger partial charge in [0.2, 0.25) is 0 Å². The second-order valence-electron chi connectivity index (χ2n) is 6.49. The molecule has 0 aliphatic heterocycles. The Labute approximate surface area is 168 Å². The number of pyridine rings is 1. The van der Waals surface area contributed by atoms with E-state index in [9.17, 15) is 14.0 Å². The zero-order valence-electron chi connectivity index (χ0n) is 16.7. The molecule has 0 bridgehead atoms. The van der Waals surface area contributed by atoms with Crippen molar-refractivity contribution in [2.45, 2.75) is 33.6 Å². The smallest absolute Gasteiger partial charge is 0.338 e. The lowest BCUT2D eigenvalue weighted by Gasteiger charge is -2.08. The van der Waals surface area contributed by atoms with Gasteiger partial charge < -0.3 is 9.47 Å². The molecule has 0 amide bonds.